The van der Waals surface area contributed by atoms with Gasteiger partial charge in [0.1, 0.15) is 17.3 Å². The maximum absolute atomic E-state index is 12.4. The van der Waals surface area contributed by atoms with Crippen LogP contribution in [0.5, 0.6) is 11.6 Å². The fourth-order valence-corrected chi connectivity index (χ4v) is 3.03. The third kappa shape index (κ3) is 4.46. The van der Waals surface area contributed by atoms with Gasteiger partial charge < -0.3 is 20.3 Å². The van der Waals surface area contributed by atoms with E-state index < -0.39 is 0 Å². The molecule has 3 heterocycles. The molecule has 0 fully saturated rings. The van der Waals surface area contributed by atoms with Crippen LogP contribution >= 0.6 is 11.6 Å². The second kappa shape index (κ2) is 8.41. The van der Waals surface area contributed by atoms with Crippen molar-refractivity contribution in [3.05, 3.63) is 70.8 Å². The van der Waals surface area contributed by atoms with E-state index in [1.165, 1.54) is 12.4 Å². The molecule has 1 aromatic carbocycles. The van der Waals surface area contributed by atoms with Crippen molar-refractivity contribution in [2.45, 2.75) is 13.8 Å². The molecule has 9 nitrogen and oxygen atoms in total. The molecule has 3 N–H and O–H groups in total. The van der Waals surface area contributed by atoms with Crippen molar-refractivity contribution in [2.24, 2.45) is 0 Å². The largest absolute Gasteiger partial charge is 0.436 e. The standard InChI is InChI=1S/C21H17ClN6O3/c1-11-18(12(2)31-28-11)16-10-25-19(23)21(26-16)30-15-5-3-13(4-6-15)20(29)27-17-9-14(22)7-8-24-17/h3-10H,1-2H3,(H2,23,25)(H,24,27,29). The first kappa shape index (κ1) is 20.3. The van der Waals surface area contributed by atoms with Crippen LogP contribution in [0.3, 0.4) is 0 Å². The number of nitrogen functional groups attached to an aromatic ring is 1. The molecule has 0 unspecified atom stereocenters. The molecule has 10 heteroatoms. The van der Waals surface area contributed by atoms with E-state index in [9.17, 15) is 4.79 Å². The minimum absolute atomic E-state index is 0.129. The van der Waals surface area contributed by atoms with Crippen LogP contribution in [0.15, 0.2) is 53.3 Å². The van der Waals surface area contributed by atoms with Gasteiger partial charge in [-0.25, -0.2) is 15.0 Å². The number of nitrogens with one attached hydrogen (secondary N) is 1. The lowest BCUT2D eigenvalue weighted by molar-refractivity contribution is 0.102. The molecule has 0 aliphatic carbocycles. The number of pyridine rings is 1. The number of aromatic nitrogens is 4. The number of amides is 1. The van der Waals surface area contributed by atoms with Crippen LogP contribution in [-0.2, 0) is 0 Å². The van der Waals surface area contributed by atoms with E-state index >= 15 is 0 Å². The van der Waals surface area contributed by atoms with Crippen molar-refractivity contribution in [1.82, 2.24) is 20.1 Å². The second-order valence-corrected chi connectivity index (χ2v) is 7.02. The molecule has 0 spiro atoms. The van der Waals surface area contributed by atoms with Gasteiger partial charge >= 0.3 is 0 Å². The molecule has 0 atom stereocenters. The van der Waals surface area contributed by atoms with Crippen LogP contribution < -0.4 is 15.8 Å². The topological polar surface area (TPSA) is 129 Å². The predicted octanol–water partition coefficient (Wildman–Crippen LogP) is 4.42. The Balaban J connectivity index is 1.51. The molecule has 0 saturated carbocycles. The van der Waals surface area contributed by atoms with Gasteiger partial charge in [0.05, 0.1) is 23.1 Å². The normalized spacial score (nSPS) is 10.7. The summed E-state index contributed by atoms with van der Waals surface area (Å²) in [5, 5.41) is 7.08. The molecule has 0 aliphatic rings. The molecule has 0 radical (unpaired) electrons. The van der Waals surface area contributed by atoms with Crippen molar-refractivity contribution in [3.8, 4) is 22.9 Å². The van der Waals surface area contributed by atoms with E-state index in [1.54, 1.807) is 43.3 Å². The molecule has 0 saturated heterocycles. The number of benzene rings is 1. The van der Waals surface area contributed by atoms with Crippen molar-refractivity contribution < 1.29 is 14.1 Å². The van der Waals surface area contributed by atoms with Gasteiger partial charge in [-0.2, -0.15) is 0 Å². The highest BCUT2D eigenvalue weighted by molar-refractivity contribution is 6.30. The Morgan fingerprint density at radius 1 is 1.16 bits per heavy atom. The van der Waals surface area contributed by atoms with E-state index in [2.05, 4.69) is 25.4 Å². The molecular weight excluding hydrogens is 420 g/mol. The van der Waals surface area contributed by atoms with Crippen LogP contribution in [-0.4, -0.2) is 26.0 Å². The smallest absolute Gasteiger partial charge is 0.263 e. The van der Waals surface area contributed by atoms with E-state index in [0.717, 1.165) is 5.56 Å². The molecule has 4 rings (SSSR count). The van der Waals surface area contributed by atoms with E-state index in [-0.39, 0.29) is 17.6 Å². The van der Waals surface area contributed by atoms with Crippen LogP contribution in [0.4, 0.5) is 11.6 Å². The Bertz CT molecular complexity index is 1240. The summed E-state index contributed by atoms with van der Waals surface area (Å²) < 4.78 is 11.0. The molecule has 0 bridgehead atoms. The quantitative estimate of drug-likeness (QED) is 0.470. The SMILES string of the molecule is Cc1noc(C)c1-c1cnc(N)c(Oc2ccc(C(=O)Nc3cc(Cl)ccn3)cc2)n1. The highest BCUT2D eigenvalue weighted by atomic mass is 35.5. The summed E-state index contributed by atoms with van der Waals surface area (Å²) in [5.41, 5.74) is 8.29. The Labute approximate surface area is 182 Å². The fraction of sp³-hybridized carbons (Fsp3) is 0.0952. The van der Waals surface area contributed by atoms with Crippen LogP contribution in [0.1, 0.15) is 21.8 Å². The zero-order valence-electron chi connectivity index (χ0n) is 16.6. The van der Waals surface area contributed by atoms with Gasteiger partial charge in [-0.1, -0.05) is 16.8 Å². The van der Waals surface area contributed by atoms with E-state index in [4.69, 9.17) is 26.6 Å². The van der Waals surface area contributed by atoms with E-state index in [1.807, 2.05) is 6.92 Å². The molecular formula is C21H17ClN6O3. The first-order valence-electron chi connectivity index (χ1n) is 9.17. The predicted molar refractivity (Wildman–Crippen MR) is 115 cm³/mol. The Morgan fingerprint density at radius 2 is 1.94 bits per heavy atom. The number of ether oxygens (including phenoxy) is 1. The molecule has 0 aliphatic heterocycles. The van der Waals surface area contributed by atoms with Gasteiger partial charge in [-0.15, -0.1) is 0 Å². The second-order valence-electron chi connectivity index (χ2n) is 6.58. The fourth-order valence-electron chi connectivity index (χ4n) is 2.87. The lowest BCUT2D eigenvalue weighted by Gasteiger charge is -2.09. The molecule has 31 heavy (non-hydrogen) atoms. The number of nitrogens with zero attached hydrogens (tertiary/aromatic N) is 4. The maximum atomic E-state index is 12.4. The number of hydrogen-bond acceptors (Lipinski definition) is 8. The summed E-state index contributed by atoms with van der Waals surface area (Å²) in [7, 11) is 0. The van der Waals surface area contributed by atoms with Crippen molar-refractivity contribution in [3.63, 3.8) is 0 Å². The highest BCUT2D eigenvalue weighted by Crippen LogP contribution is 2.30. The minimum Gasteiger partial charge on any atom is -0.436 e. The van der Waals surface area contributed by atoms with Gasteiger partial charge in [0.15, 0.2) is 5.82 Å². The van der Waals surface area contributed by atoms with E-state index in [0.29, 0.717) is 39.3 Å². The summed E-state index contributed by atoms with van der Waals surface area (Å²) in [6.07, 6.45) is 3.04. The number of carbonyl (C=O) groups excluding carboxylic acids is 1. The Kier molecular flexibility index (Phi) is 5.50. The number of hydrogen-bond donors (Lipinski definition) is 2. The highest BCUT2D eigenvalue weighted by Gasteiger charge is 2.16. The first-order chi connectivity index (χ1) is 14.9. The third-order valence-corrected chi connectivity index (χ3v) is 4.59. The Hall–Kier alpha value is -3.98. The molecule has 156 valence electrons. The summed E-state index contributed by atoms with van der Waals surface area (Å²) in [6.45, 7) is 3.60. The molecule has 3 aromatic heterocycles. The van der Waals surface area contributed by atoms with Gasteiger partial charge in [0.25, 0.3) is 11.8 Å². The minimum atomic E-state index is -0.332. The average molecular weight is 437 g/mol. The maximum Gasteiger partial charge on any atom is 0.263 e. The summed E-state index contributed by atoms with van der Waals surface area (Å²) >= 11 is 5.91. The number of anilines is 2. The number of rotatable bonds is 5. The number of halogens is 1. The van der Waals surface area contributed by atoms with Crippen LogP contribution in [0.2, 0.25) is 5.02 Å². The summed E-state index contributed by atoms with van der Waals surface area (Å²) in [5.74, 6) is 1.35. The van der Waals surface area contributed by atoms with Crippen LogP contribution in [0, 0.1) is 13.8 Å². The number of aryl methyl sites for hydroxylation is 2. The summed E-state index contributed by atoms with van der Waals surface area (Å²) in [6, 6.07) is 9.66. The van der Waals surface area contributed by atoms with Gasteiger partial charge in [0, 0.05) is 16.8 Å². The first-order valence-corrected chi connectivity index (χ1v) is 9.55. The van der Waals surface area contributed by atoms with Gasteiger partial charge in [0.2, 0.25) is 0 Å². The number of carbonyl (C=O) groups is 1. The number of nitrogens with two attached hydrogens (primary N) is 1. The zero-order valence-corrected chi connectivity index (χ0v) is 17.3. The lowest BCUT2D eigenvalue weighted by Crippen LogP contribution is -2.12. The van der Waals surface area contributed by atoms with Crippen molar-refractivity contribution >= 4 is 29.1 Å². The summed E-state index contributed by atoms with van der Waals surface area (Å²) in [4.78, 5) is 25.0. The zero-order chi connectivity index (χ0) is 22.0. The third-order valence-electron chi connectivity index (χ3n) is 4.35. The molecule has 1 amide bonds. The molecule has 4 aromatic rings. The monoisotopic (exact) mass is 436 g/mol. The Morgan fingerprint density at radius 3 is 2.61 bits per heavy atom. The lowest BCUT2D eigenvalue weighted by atomic mass is 10.1. The van der Waals surface area contributed by atoms with Gasteiger partial charge in [-0.3, -0.25) is 4.79 Å². The van der Waals surface area contributed by atoms with Crippen molar-refractivity contribution in [1.29, 1.82) is 0 Å². The average Bonchev–Trinajstić information content (AvgIpc) is 3.08. The van der Waals surface area contributed by atoms with Crippen molar-refractivity contribution in [2.75, 3.05) is 11.1 Å². The van der Waals surface area contributed by atoms with Crippen LogP contribution in [0.25, 0.3) is 11.3 Å². The van der Waals surface area contributed by atoms with Gasteiger partial charge in [-0.05, 0) is 50.2 Å².